The SMILES string of the molecule is CCC(=O)N(Cc1ccc(F)cc1)c1cccc(C#N)c1. The highest BCUT2D eigenvalue weighted by molar-refractivity contribution is 5.93. The van der Waals surface area contributed by atoms with Gasteiger partial charge in [-0.15, -0.1) is 0 Å². The molecule has 0 fully saturated rings. The summed E-state index contributed by atoms with van der Waals surface area (Å²) in [6.45, 7) is 2.13. The molecule has 0 aliphatic rings. The van der Waals surface area contributed by atoms with Crippen molar-refractivity contribution in [2.45, 2.75) is 19.9 Å². The number of nitriles is 1. The zero-order valence-electron chi connectivity index (χ0n) is 11.7. The van der Waals surface area contributed by atoms with Crippen molar-refractivity contribution in [2.24, 2.45) is 0 Å². The molecule has 0 spiro atoms. The van der Waals surface area contributed by atoms with Gasteiger partial charge in [0.15, 0.2) is 0 Å². The first-order valence-corrected chi connectivity index (χ1v) is 6.69. The molecule has 0 saturated heterocycles. The van der Waals surface area contributed by atoms with E-state index in [-0.39, 0.29) is 11.7 Å². The molecule has 0 aromatic heterocycles. The van der Waals surface area contributed by atoms with E-state index in [0.717, 1.165) is 5.56 Å². The van der Waals surface area contributed by atoms with Gasteiger partial charge in [-0.3, -0.25) is 4.79 Å². The smallest absolute Gasteiger partial charge is 0.227 e. The first kappa shape index (κ1) is 14.7. The zero-order chi connectivity index (χ0) is 15.2. The van der Waals surface area contributed by atoms with Gasteiger partial charge in [0.2, 0.25) is 5.91 Å². The van der Waals surface area contributed by atoms with Crippen molar-refractivity contribution in [3.8, 4) is 6.07 Å². The molecule has 2 aromatic carbocycles. The van der Waals surface area contributed by atoms with Gasteiger partial charge in [0.1, 0.15) is 5.82 Å². The molecule has 0 N–H and O–H groups in total. The van der Waals surface area contributed by atoms with Crippen molar-refractivity contribution in [1.29, 1.82) is 5.26 Å². The maximum atomic E-state index is 13.0. The summed E-state index contributed by atoms with van der Waals surface area (Å²) in [7, 11) is 0. The summed E-state index contributed by atoms with van der Waals surface area (Å²) in [6.07, 6.45) is 0.359. The molecule has 21 heavy (non-hydrogen) atoms. The van der Waals surface area contributed by atoms with Crippen LogP contribution in [0.4, 0.5) is 10.1 Å². The summed E-state index contributed by atoms with van der Waals surface area (Å²) in [5.41, 5.74) is 2.01. The Bertz CT molecular complexity index is 674. The molecule has 0 bridgehead atoms. The lowest BCUT2D eigenvalue weighted by Gasteiger charge is -2.22. The predicted octanol–water partition coefficient (Wildman–Crippen LogP) is 3.64. The number of carbonyl (C=O) groups excluding carboxylic acids is 1. The summed E-state index contributed by atoms with van der Waals surface area (Å²) in [6, 6.07) is 15.0. The monoisotopic (exact) mass is 282 g/mol. The molecule has 1 amide bonds. The molecule has 0 heterocycles. The first-order valence-electron chi connectivity index (χ1n) is 6.69. The minimum atomic E-state index is -0.307. The summed E-state index contributed by atoms with van der Waals surface area (Å²) in [4.78, 5) is 13.8. The molecule has 0 saturated carbocycles. The second kappa shape index (κ2) is 6.67. The van der Waals surface area contributed by atoms with Crippen LogP contribution in [0, 0.1) is 17.1 Å². The topological polar surface area (TPSA) is 44.1 Å². The lowest BCUT2D eigenvalue weighted by Crippen LogP contribution is -2.29. The lowest BCUT2D eigenvalue weighted by atomic mass is 10.1. The molecule has 0 unspecified atom stereocenters. The zero-order valence-corrected chi connectivity index (χ0v) is 11.7. The maximum absolute atomic E-state index is 13.0. The Balaban J connectivity index is 2.32. The summed E-state index contributed by atoms with van der Waals surface area (Å²) in [5.74, 6) is -0.354. The van der Waals surface area contributed by atoms with Crippen LogP contribution in [0.1, 0.15) is 24.5 Å². The maximum Gasteiger partial charge on any atom is 0.227 e. The third-order valence-corrected chi connectivity index (χ3v) is 3.14. The quantitative estimate of drug-likeness (QED) is 0.859. The summed E-state index contributed by atoms with van der Waals surface area (Å²) < 4.78 is 13.0. The van der Waals surface area contributed by atoms with Crippen LogP contribution in [0.5, 0.6) is 0 Å². The summed E-state index contributed by atoms with van der Waals surface area (Å²) in [5, 5.41) is 8.96. The van der Waals surface area contributed by atoms with Gasteiger partial charge in [-0.25, -0.2) is 4.39 Å². The van der Waals surface area contributed by atoms with Gasteiger partial charge in [-0.1, -0.05) is 25.1 Å². The predicted molar refractivity (Wildman–Crippen MR) is 79.0 cm³/mol. The van der Waals surface area contributed by atoms with Crippen molar-refractivity contribution in [3.05, 3.63) is 65.5 Å². The molecule has 0 radical (unpaired) electrons. The van der Waals surface area contributed by atoms with Crippen LogP contribution in [-0.4, -0.2) is 5.91 Å². The highest BCUT2D eigenvalue weighted by atomic mass is 19.1. The number of amides is 1. The molecular formula is C17H15FN2O. The molecule has 0 aliphatic carbocycles. The molecule has 2 rings (SSSR count). The second-order valence-electron chi connectivity index (χ2n) is 4.62. The first-order chi connectivity index (χ1) is 10.1. The number of rotatable bonds is 4. The van der Waals surface area contributed by atoms with E-state index in [4.69, 9.17) is 5.26 Å². The average Bonchev–Trinajstić information content (AvgIpc) is 2.53. The van der Waals surface area contributed by atoms with Gasteiger partial charge in [0, 0.05) is 12.1 Å². The normalized spacial score (nSPS) is 9.95. The molecule has 106 valence electrons. The molecule has 4 heteroatoms. The standard InChI is InChI=1S/C17H15FN2O/c1-2-17(21)20(12-13-6-8-15(18)9-7-13)16-5-3-4-14(10-16)11-19/h3-10H,2,12H2,1H3. The van der Waals surface area contributed by atoms with Crippen molar-refractivity contribution < 1.29 is 9.18 Å². The largest absolute Gasteiger partial charge is 0.308 e. The third-order valence-electron chi connectivity index (χ3n) is 3.14. The van der Waals surface area contributed by atoms with Gasteiger partial charge >= 0.3 is 0 Å². The number of hydrogen-bond donors (Lipinski definition) is 0. The van der Waals surface area contributed by atoms with Crippen LogP contribution < -0.4 is 4.90 Å². The van der Waals surface area contributed by atoms with Gasteiger partial charge in [-0.05, 0) is 35.9 Å². The fourth-order valence-electron chi connectivity index (χ4n) is 2.03. The Labute approximate surface area is 123 Å². The fourth-order valence-corrected chi connectivity index (χ4v) is 2.03. The van der Waals surface area contributed by atoms with Crippen molar-refractivity contribution in [3.63, 3.8) is 0 Å². The van der Waals surface area contributed by atoms with Crippen LogP contribution in [0.25, 0.3) is 0 Å². The van der Waals surface area contributed by atoms with Crippen molar-refractivity contribution in [2.75, 3.05) is 4.90 Å². The Hall–Kier alpha value is -2.67. The van der Waals surface area contributed by atoms with Crippen LogP contribution in [0.15, 0.2) is 48.5 Å². The Kier molecular flexibility index (Phi) is 4.68. The van der Waals surface area contributed by atoms with Gasteiger partial charge in [0.25, 0.3) is 0 Å². The van der Waals surface area contributed by atoms with Crippen LogP contribution >= 0.6 is 0 Å². The molecule has 3 nitrogen and oxygen atoms in total. The van der Waals surface area contributed by atoms with Gasteiger partial charge in [0.05, 0.1) is 18.2 Å². The van der Waals surface area contributed by atoms with E-state index in [2.05, 4.69) is 6.07 Å². The lowest BCUT2D eigenvalue weighted by molar-refractivity contribution is -0.118. The van der Waals surface area contributed by atoms with Crippen LogP contribution in [-0.2, 0) is 11.3 Å². The number of anilines is 1. The number of carbonyl (C=O) groups is 1. The van der Waals surface area contributed by atoms with Crippen LogP contribution in [0.3, 0.4) is 0 Å². The minimum absolute atomic E-state index is 0.0468. The average molecular weight is 282 g/mol. The molecule has 0 atom stereocenters. The molecule has 2 aromatic rings. The van der Waals surface area contributed by atoms with E-state index in [1.807, 2.05) is 0 Å². The Morgan fingerprint density at radius 3 is 2.57 bits per heavy atom. The Morgan fingerprint density at radius 2 is 1.95 bits per heavy atom. The van der Waals surface area contributed by atoms with Gasteiger partial charge < -0.3 is 4.90 Å². The van der Waals surface area contributed by atoms with E-state index in [0.29, 0.717) is 24.2 Å². The number of hydrogen-bond acceptors (Lipinski definition) is 2. The number of nitrogens with zero attached hydrogens (tertiary/aromatic N) is 2. The minimum Gasteiger partial charge on any atom is -0.308 e. The van der Waals surface area contributed by atoms with Crippen molar-refractivity contribution in [1.82, 2.24) is 0 Å². The summed E-state index contributed by atoms with van der Waals surface area (Å²) >= 11 is 0. The van der Waals surface area contributed by atoms with Crippen molar-refractivity contribution >= 4 is 11.6 Å². The number of benzene rings is 2. The highest BCUT2D eigenvalue weighted by Gasteiger charge is 2.15. The second-order valence-corrected chi connectivity index (χ2v) is 4.62. The van der Waals surface area contributed by atoms with E-state index in [9.17, 15) is 9.18 Å². The number of halogens is 1. The van der Waals surface area contributed by atoms with Gasteiger partial charge in [-0.2, -0.15) is 5.26 Å². The van der Waals surface area contributed by atoms with E-state index < -0.39 is 0 Å². The highest BCUT2D eigenvalue weighted by Crippen LogP contribution is 2.20. The fraction of sp³-hybridized carbons (Fsp3) is 0.176. The van der Waals surface area contributed by atoms with E-state index in [1.165, 1.54) is 12.1 Å². The molecular weight excluding hydrogens is 267 g/mol. The Morgan fingerprint density at radius 1 is 1.24 bits per heavy atom. The third kappa shape index (κ3) is 3.67. The van der Waals surface area contributed by atoms with E-state index in [1.54, 1.807) is 48.2 Å². The molecule has 0 aliphatic heterocycles. The van der Waals surface area contributed by atoms with E-state index >= 15 is 0 Å². The van der Waals surface area contributed by atoms with Crippen LogP contribution in [0.2, 0.25) is 0 Å².